The number of carbonyl (C=O) groups is 1. The van der Waals surface area contributed by atoms with Crippen LogP contribution in [0.3, 0.4) is 0 Å². The topological polar surface area (TPSA) is 84.9 Å². The molecule has 1 atom stereocenters. The zero-order valence-corrected chi connectivity index (χ0v) is 22.1. The van der Waals surface area contributed by atoms with Gasteiger partial charge in [-0.1, -0.05) is 60.7 Å². The van der Waals surface area contributed by atoms with E-state index in [4.69, 9.17) is 9.47 Å². The molecule has 1 heterocycles. The van der Waals surface area contributed by atoms with E-state index < -0.39 is 16.1 Å². The monoisotopic (exact) mass is 522 g/mol. The SMILES string of the molecule is COc1ccc(S(=O)(=O)N[C@@H](Cc2ccccc2)C(=O)N2CCC(Cc3ccccc3)CC2)cc1OC. The molecule has 1 saturated heterocycles. The number of carbonyl (C=O) groups excluding carboxylic acids is 1. The lowest BCUT2D eigenvalue weighted by atomic mass is 9.90. The number of likely N-dealkylation sites (tertiary alicyclic amines) is 1. The Morgan fingerprint density at radius 1 is 0.892 bits per heavy atom. The minimum Gasteiger partial charge on any atom is -0.493 e. The van der Waals surface area contributed by atoms with Gasteiger partial charge in [0.05, 0.1) is 19.1 Å². The zero-order chi connectivity index (χ0) is 26.3. The highest BCUT2D eigenvalue weighted by atomic mass is 32.2. The summed E-state index contributed by atoms with van der Waals surface area (Å²) in [6, 6.07) is 23.3. The molecule has 1 amide bonds. The number of hydrogen-bond donors (Lipinski definition) is 1. The Balaban J connectivity index is 1.49. The quantitative estimate of drug-likeness (QED) is 0.434. The van der Waals surface area contributed by atoms with Crippen molar-refractivity contribution in [3.63, 3.8) is 0 Å². The highest BCUT2D eigenvalue weighted by molar-refractivity contribution is 7.89. The maximum absolute atomic E-state index is 13.7. The minimum atomic E-state index is -4.01. The van der Waals surface area contributed by atoms with Gasteiger partial charge in [-0.15, -0.1) is 0 Å². The van der Waals surface area contributed by atoms with Crippen LogP contribution in [0.5, 0.6) is 11.5 Å². The first-order valence-corrected chi connectivity index (χ1v) is 14.0. The van der Waals surface area contributed by atoms with Crippen LogP contribution in [0.1, 0.15) is 24.0 Å². The Kier molecular flexibility index (Phi) is 8.84. The van der Waals surface area contributed by atoms with Gasteiger partial charge in [0.15, 0.2) is 11.5 Å². The van der Waals surface area contributed by atoms with E-state index in [2.05, 4.69) is 16.9 Å². The number of amides is 1. The van der Waals surface area contributed by atoms with Crippen molar-refractivity contribution in [3.05, 3.63) is 90.0 Å². The first kappa shape index (κ1) is 26.7. The van der Waals surface area contributed by atoms with E-state index in [1.54, 1.807) is 11.0 Å². The summed E-state index contributed by atoms with van der Waals surface area (Å²) in [7, 11) is -1.07. The summed E-state index contributed by atoms with van der Waals surface area (Å²) in [6.07, 6.45) is 3.03. The lowest BCUT2D eigenvalue weighted by Gasteiger charge is -2.34. The smallest absolute Gasteiger partial charge is 0.241 e. The predicted octanol–water partition coefficient (Wildman–Crippen LogP) is 4.07. The maximum Gasteiger partial charge on any atom is 0.241 e. The minimum absolute atomic E-state index is 0.0116. The van der Waals surface area contributed by atoms with E-state index in [1.807, 2.05) is 48.5 Å². The third-order valence-electron chi connectivity index (χ3n) is 6.84. The van der Waals surface area contributed by atoms with Gasteiger partial charge in [0.25, 0.3) is 0 Å². The number of nitrogens with zero attached hydrogens (tertiary/aromatic N) is 1. The highest BCUT2D eigenvalue weighted by Crippen LogP contribution is 2.30. The maximum atomic E-state index is 13.7. The van der Waals surface area contributed by atoms with Gasteiger partial charge >= 0.3 is 0 Å². The van der Waals surface area contributed by atoms with Crippen LogP contribution in [0, 0.1) is 5.92 Å². The Morgan fingerprint density at radius 2 is 1.49 bits per heavy atom. The molecule has 1 aliphatic rings. The zero-order valence-electron chi connectivity index (χ0n) is 21.3. The Hall–Kier alpha value is -3.36. The van der Waals surface area contributed by atoms with Gasteiger partial charge in [0, 0.05) is 19.2 Å². The number of hydrogen-bond acceptors (Lipinski definition) is 5. The van der Waals surface area contributed by atoms with Crippen molar-refractivity contribution in [2.45, 2.75) is 36.6 Å². The van der Waals surface area contributed by atoms with E-state index in [0.717, 1.165) is 24.8 Å². The summed E-state index contributed by atoms with van der Waals surface area (Å²) in [5.74, 6) is 1.03. The molecule has 1 N–H and O–H groups in total. The second-order valence-corrected chi connectivity index (χ2v) is 11.1. The molecule has 7 nitrogen and oxygen atoms in total. The fourth-order valence-electron chi connectivity index (χ4n) is 4.79. The summed E-state index contributed by atoms with van der Waals surface area (Å²) in [5.41, 5.74) is 2.19. The van der Waals surface area contributed by atoms with Crippen molar-refractivity contribution in [1.29, 1.82) is 0 Å². The third-order valence-corrected chi connectivity index (χ3v) is 8.31. The van der Waals surface area contributed by atoms with Gasteiger partial charge in [-0.25, -0.2) is 8.42 Å². The molecule has 1 fully saturated rings. The van der Waals surface area contributed by atoms with Gasteiger partial charge in [0.2, 0.25) is 15.9 Å². The van der Waals surface area contributed by atoms with E-state index in [0.29, 0.717) is 30.5 Å². The normalized spacial score (nSPS) is 15.2. The van der Waals surface area contributed by atoms with Gasteiger partial charge in [-0.2, -0.15) is 4.72 Å². The van der Waals surface area contributed by atoms with Crippen LogP contribution in [-0.4, -0.2) is 52.6 Å². The molecule has 0 spiro atoms. The molecule has 0 bridgehead atoms. The Labute approximate surface area is 219 Å². The van der Waals surface area contributed by atoms with Crippen molar-refractivity contribution in [1.82, 2.24) is 9.62 Å². The molecule has 37 heavy (non-hydrogen) atoms. The molecule has 0 unspecified atom stereocenters. The lowest BCUT2D eigenvalue weighted by Crippen LogP contribution is -2.51. The fourth-order valence-corrected chi connectivity index (χ4v) is 6.00. The summed E-state index contributed by atoms with van der Waals surface area (Å²) in [5, 5.41) is 0. The summed E-state index contributed by atoms with van der Waals surface area (Å²) in [6.45, 7) is 1.22. The predicted molar refractivity (Wildman–Crippen MR) is 143 cm³/mol. The van der Waals surface area contributed by atoms with Crippen molar-refractivity contribution < 1.29 is 22.7 Å². The molecular formula is C29H34N2O5S. The van der Waals surface area contributed by atoms with Gasteiger partial charge in [0.1, 0.15) is 6.04 Å². The molecule has 4 rings (SSSR count). The second kappa shape index (κ2) is 12.3. The van der Waals surface area contributed by atoms with Crippen LogP contribution in [-0.2, 0) is 27.7 Å². The van der Waals surface area contributed by atoms with E-state index in [1.165, 1.54) is 31.9 Å². The third kappa shape index (κ3) is 6.90. The molecule has 0 saturated carbocycles. The van der Waals surface area contributed by atoms with Crippen LogP contribution in [0.15, 0.2) is 83.8 Å². The fraction of sp³-hybridized carbons (Fsp3) is 0.345. The van der Waals surface area contributed by atoms with E-state index in [9.17, 15) is 13.2 Å². The molecule has 8 heteroatoms. The van der Waals surface area contributed by atoms with Crippen LogP contribution < -0.4 is 14.2 Å². The van der Waals surface area contributed by atoms with Crippen LogP contribution >= 0.6 is 0 Å². The van der Waals surface area contributed by atoms with Crippen LogP contribution in [0.25, 0.3) is 0 Å². The van der Waals surface area contributed by atoms with Gasteiger partial charge in [-0.3, -0.25) is 4.79 Å². The van der Waals surface area contributed by atoms with Crippen molar-refractivity contribution in [2.75, 3.05) is 27.3 Å². The Bertz CT molecular complexity index is 1270. The average molecular weight is 523 g/mol. The molecule has 3 aromatic rings. The summed E-state index contributed by atoms with van der Waals surface area (Å²) >= 11 is 0. The molecule has 196 valence electrons. The van der Waals surface area contributed by atoms with E-state index in [-0.39, 0.29) is 17.2 Å². The van der Waals surface area contributed by atoms with Gasteiger partial charge < -0.3 is 14.4 Å². The number of benzene rings is 3. The average Bonchev–Trinajstić information content (AvgIpc) is 2.93. The molecule has 1 aliphatic heterocycles. The van der Waals surface area contributed by atoms with Crippen molar-refractivity contribution in [3.8, 4) is 11.5 Å². The van der Waals surface area contributed by atoms with E-state index >= 15 is 0 Å². The standard InChI is InChI=1S/C29H34N2O5S/c1-35-27-14-13-25(21-28(27)36-2)37(33,34)30-26(20-23-11-7-4-8-12-23)29(32)31-17-15-24(16-18-31)19-22-9-5-3-6-10-22/h3-14,21,24,26,30H,15-20H2,1-2H3/t26-/m0/s1. The molecular weight excluding hydrogens is 488 g/mol. The largest absolute Gasteiger partial charge is 0.493 e. The first-order chi connectivity index (χ1) is 17.9. The summed E-state index contributed by atoms with van der Waals surface area (Å²) in [4.78, 5) is 15.5. The van der Waals surface area contributed by atoms with Crippen molar-refractivity contribution >= 4 is 15.9 Å². The molecule has 0 aromatic heterocycles. The molecule has 0 aliphatic carbocycles. The number of methoxy groups -OCH3 is 2. The van der Waals surface area contributed by atoms with Crippen molar-refractivity contribution in [2.24, 2.45) is 5.92 Å². The van der Waals surface area contributed by atoms with Gasteiger partial charge in [-0.05, 0) is 54.9 Å². The highest BCUT2D eigenvalue weighted by Gasteiger charge is 2.32. The number of rotatable bonds is 10. The first-order valence-electron chi connectivity index (χ1n) is 12.5. The molecule has 3 aromatic carbocycles. The number of nitrogens with one attached hydrogen (secondary N) is 1. The van der Waals surface area contributed by atoms with Crippen LogP contribution in [0.2, 0.25) is 0 Å². The number of sulfonamides is 1. The number of ether oxygens (including phenoxy) is 2. The lowest BCUT2D eigenvalue weighted by molar-refractivity contribution is -0.134. The second-order valence-electron chi connectivity index (χ2n) is 9.34. The number of piperidine rings is 1. The van der Waals surface area contributed by atoms with Crippen LogP contribution in [0.4, 0.5) is 0 Å². The summed E-state index contributed by atoms with van der Waals surface area (Å²) < 4.78 is 39.9. The Morgan fingerprint density at radius 3 is 2.08 bits per heavy atom. The molecule has 0 radical (unpaired) electrons.